The fourth-order valence-electron chi connectivity index (χ4n) is 1.63. The van der Waals surface area contributed by atoms with Crippen LogP contribution in [0.4, 0.5) is 0 Å². The third-order valence-corrected chi connectivity index (χ3v) is 2.67. The first-order valence-electron chi connectivity index (χ1n) is 5.64. The summed E-state index contributed by atoms with van der Waals surface area (Å²) in [6.45, 7) is 2.05. The molecule has 0 saturated carbocycles. The van der Waals surface area contributed by atoms with Crippen molar-refractivity contribution in [2.75, 3.05) is 0 Å². The second kappa shape index (κ2) is 5.13. The molecule has 0 radical (unpaired) electrons. The molecule has 1 atom stereocenters. The van der Waals surface area contributed by atoms with Gasteiger partial charge in [0.1, 0.15) is 0 Å². The van der Waals surface area contributed by atoms with Gasteiger partial charge in [0.05, 0.1) is 6.61 Å². The van der Waals surface area contributed by atoms with E-state index in [1.165, 1.54) is 0 Å². The highest BCUT2D eigenvalue weighted by molar-refractivity contribution is 5.19. The van der Waals surface area contributed by atoms with E-state index in [-0.39, 0.29) is 0 Å². The second-order valence-electron chi connectivity index (χ2n) is 4.12. The third-order valence-electron chi connectivity index (χ3n) is 2.67. The maximum absolute atomic E-state index is 10.2. The summed E-state index contributed by atoms with van der Waals surface area (Å²) >= 11 is 0. The van der Waals surface area contributed by atoms with Gasteiger partial charge in [-0.3, -0.25) is 0 Å². The normalized spacial score (nSPS) is 14.2. The van der Waals surface area contributed by atoms with Gasteiger partial charge in [0.15, 0.2) is 5.79 Å². The van der Waals surface area contributed by atoms with E-state index < -0.39 is 5.79 Å². The summed E-state index contributed by atoms with van der Waals surface area (Å²) in [5.74, 6) is -1.25. The Morgan fingerprint density at radius 1 is 0.941 bits per heavy atom. The third kappa shape index (κ3) is 3.16. The second-order valence-corrected chi connectivity index (χ2v) is 4.12. The minimum absolute atomic E-state index is 0.392. The molecular weight excluding hydrogens is 212 g/mol. The van der Waals surface area contributed by atoms with Crippen LogP contribution in [0.2, 0.25) is 0 Å². The molecule has 2 nitrogen and oxygen atoms in total. The zero-order valence-corrected chi connectivity index (χ0v) is 9.84. The lowest BCUT2D eigenvalue weighted by Gasteiger charge is -2.24. The fraction of sp³-hybridized carbons (Fsp3) is 0.200. The van der Waals surface area contributed by atoms with E-state index in [9.17, 15) is 5.11 Å². The lowest BCUT2D eigenvalue weighted by atomic mass is 10.1. The minimum atomic E-state index is -1.25. The average Bonchev–Trinajstić information content (AvgIpc) is 2.39. The predicted molar refractivity (Wildman–Crippen MR) is 67.2 cm³/mol. The molecule has 0 amide bonds. The van der Waals surface area contributed by atoms with Crippen LogP contribution in [0.15, 0.2) is 60.7 Å². The summed E-state index contributed by atoms with van der Waals surface area (Å²) in [7, 11) is 0. The molecule has 0 aliphatic heterocycles. The van der Waals surface area contributed by atoms with Crippen LogP contribution in [0, 0.1) is 0 Å². The van der Waals surface area contributed by atoms with E-state index in [4.69, 9.17) is 4.74 Å². The largest absolute Gasteiger partial charge is 0.362 e. The van der Waals surface area contributed by atoms with Crippen molar-refractivity contribution in [1.82, 2.24) is 0 Å². The Labute approximate surface area is 101 Å². The molecule has 0 aliphatic rings. The van der Waals surface area contributed by atoms with Crippen LogP contribution in [-0.2, 0) is 17.1 Å². The lowest BCUT2D eigenvalue weighted by molar-refractivity contribution is -0.206. The number of hydrogen-bond donors (Lipinski definition) is 1. The van der Waals surface area contributed by atoms with E-state index in [2.05, 4.69) is 0 Å². The van der Waals surface area contributed by atoms with E-state index >= 15 is 0 Å². The molecule has 1 unspecified atom stereocenters. The maximum atomic E-state index is 10.2. The quantitative estimate of drug-likeness (QED) is 0.815. The topological polar surface area (TPSA) is 29.5 Å². The number of benzene rings is 2. The number of ether oxygens (including phenoxy) is 1. The molecule has 17 heavy (non-hydrogen) atoms. The van der Waals surface area contributed by atoms with Crippen molar-refractivity contribution in [2.45, 2.75) is 19.3 Å². The molecule has 1 N–H and O–H groups in total. The first-order chi connectivity index (χ1) is 8.18. The number of aliphatic hydroxyl groups is 1. The van der Waals surface area contributed by atoms with Gasteiger partial charge in [0.25, 0.3) is 0 Å². The molecule has 0 saturated heterocycles. The maximum Gasteiger partial charge on any atom is 0.189 e. The molecule has 0 fully saturated rings. The summed E-state index contributed by atoms with van der Waals surface area (Å²) in [6.07, 6.45) is 0. The van der Waals surface area contributed by atoms with Crippen LogP contribution in [0.3, 0.4) is 0 Å². The number of hydrogen-bond acceptors (Lipinski definition) is 2. The van der Waals surface area contributed by atoms with Crippen LogP contribution in [-0.4, -0.2) is 5.11 Å². The molecule has 2 aromatic rings. The van der Waals surface area contributed by atoms with Crippen molar-refractivity contribution in [3.63, 3.8) is 0 Å². The monoisotopic (exact) mass is 228 g/mol. The summed E-state index contributed by atoms with van der Waals surface area (Å²) in [5, 5.41) is 10.2. The molecule has 88 valence electrons. The van der Waals surface area contributed by atoms with Crippen molar-refractivity contribution in [1.29, 1.82) is 0 Å². The Bertz CT molecular complexity index is 449. The van der Waals surface area contributed by atoms with Crippen LogP contribution in [0.1, 0.15) is 18.1 Å². The highest BCUT2D eigenvalue weighted by Crippen LogP contribution is 2.22. The van der Waals surface area contributed by atoms with E-state index in [0.717, 1.165) is 11.1 Å². The number of rotatable bonds is 4. The van der Waals surface area contributed by atoms with Crippen molar-refractivity contribution in [3.8, 4) is 0 Å². The molecule has 0 bridgehead atoms. The van der Waals surface area contributed by atoms with E-state index in [0.29, 0.717) is 6.61 Å². The molecule has 2 aromatic carbocycles. The SMILES string of the molecule is CC(O)(OCc1ccccc1)c1ccccc1. The Hall–Kier alpha value is -1.64. The van der Waals surface area contributed by atoms with Gasteiger partial charge < -0.3 is 9.84 Å². The smallest absolute Gasteiger partial charge is 0.189 e. The zero-order chi connectivity index (χ0) is 12.1. The van der Waals surface area contributed by atoms with Crippen molar-refractivity contribution >= 4 is 0 Å². The van der Waals surface area contributed by atoms with Gasteiger partial charge in [-0.2, -0.15) is 0 Å². The van der Waals surface area contributed by atoms with Crippen molar-refractivity contribution in [2.24, 2.45) is 0 Å². The van der Waals surface area contributed by atoms with Gasteiger partial charge >= 0.3 is 0 Å². The first kappa shape index (κ1) is 11.8. The van der Waals surface area contributed by atoms with Crippen LogP contribution in [0.25, 0.3) is 0 Å². The zero-order valence-electron chi connectivity index (χ0n) is 9.84. The molecule has 0 aliphatic carbocycles. The fourth-order valence-corrected chi connectivity index (χ4v) is 1.63. The van der Waals surface area contributed by atoms with Gasteiger partial charge in [-0.15, -0.1) is 0 Å². The Morgan fingerprint density at radius 3 is 2.06 bits per heavy atom. The van der Waals surface area contributed by atoms with Gasteiger partial charge in [-0.25, -0.2) is 0 Å². The highest BCUT2D eigenvalue weighted by Gasteiger charge is 2.23. The van der Waals surface area contributed by atoms with Gasteiger partial charge in [-0.05, 0) is 12.5 Å². The molecule has 0 aromatic heterocycles. The van der Waals surface area contributed by atoms with Crippen LogP contribution < -0.4 is 0 Å². The summed E-state index contributed by atoms with van der Waals surface area (Å²) in [5.41, 5.74) is 1.81. The lowest BCUT2D eigenvalue weighted by Crippen LogP contribution is -2.24. The van der Waals surface area contributed by atoms with Crippen molar-refractivity contribution in [3.05, 3.63) is 71.8 Å². The molecular formula is C15H16O2. The molecule has 0 spiro atoms. The summed E-state index contributed by atoms with van der Waals surface area (Å²) in [4.78, 5) is 0. The summed E-state index contributed by atoms with van der Waals surface area (Å²) in [6, 6.07) is 19.2. The van der Waals surface area contributed by atoms with Gasteiger partial charge in [0.2, 0.25) is 0 Å². The van der Waals surface area contributed by atoms with E-state index in [1.807, 2.05) is 60.7 Å². The summed E-state index contributed by atoms with van der Waals surface area (Å²) < 4.78 is 5.56. The Balaban J connectivity index is 2.03. The molecule has 0 heterocycles. The Morgan fingerprint density at radius 2 is 1.47 bits per heavy atom. The van der Waals surface area contributed by atoms with Crippen LogP contribution >= 0.6 is 0 Å². The molecule has 2 heteroatoms. The van der Waals surface area contributed by atoms with Crippen LogP contribution in [0.5, 0.6) is 0 Å². The van der Waals surface area contributed by atoms with Gasteiger partial charge in [-0.1, -0.05) is 60.7 Å². The standard InChI is InChI=1S/C15H16O2/c1-15(16,14-10-6-3-7-11-14)17-12-13-8-4-2-5-9-13/h2-11,16H,12H2,1H3. The minimum Gasteiger partial charge on any atom is -0.362 e. The first-order valence-corrected chi connectivity index (χ1v) is 5.64. The highest BCUT2D eigenvalue weighted by atomic mass is 16.6. The average molecular weight is 228 g/mol. The van der Waals surface area contributed by atoms with E-state index in [1.54, 1.807) is 6.92 Å². The molecule has 2 rings (SSSR count). The van der Waals surface area contributed by atoms with Gasteiger partial charge in [0, 0.05) is 5.56 Å². The van der Waals surface area contributed by atoms with Crippen molar-refractivity contribution < 1.29 is 9.84 Å². The Kier molecular flexibility index (Phi) is 3.57. The predicted octanol–water partition coefficient (Wildman–Crippen LogP) is 3.07.